The number of amidine groups is 1. The van der Waals surface area contributed by atoms with Gasteiger partial charge in [-0.15, -0.1) is 0 Å². The lowest BCUT2D eigenvalue weighted by atomic mass is 9.97. The molecule has 2 aromatic rings. The van der Waals surface area contributed by atoms with Crippen LogP contribution in [0.5, 0.6) is 0 Å². The van der Waals surface area contributed by atoms with Gasteiger partial charge in [-0.3, -0.25) is 19.3 Å². The Morgan fingerprint density at radius 3 is 2.52 bits per heavy atom. The van der Waals surface area contributed by atoms with E-state index < -0.39 is 34.5 Å². The summed E-state index contributed by atoms with van der Waals surface area (Å²) in [6.07, 6.45) is -0.116. The highest BCUT2D eigenvalue weighted by molar-refractivity contribution is 7.90. The number of hydrogen-bond donors (Lipinski definition) is 2. The largest absolute Gasteiger partial charge is 0.451 e. The Morgan fingerprint density at radius 1 is 1.10 bits per heavy atom. The van der Waals surface area contributed by atoms with Crippen molar-refractivity contribution in [2.75, 3.05) is 11.9 Å². The van der Waals surface area contributed by atoms with E-state index in [1.807, 2.05) is 24.3 Å². The zero-order valence-corrected chi connectivity index (χ0v) is 18.4. The zero-order valence-electron chi connectivity index (χ0n) is 17.6. The van der Waals surface area contributed by atoms with E-state index in [4.69, 9.17) is 4.74 Å². The molecule has 1 heterocycles. The molecule has 3 rings (SSSR count). The van der Waals surface area contributed by atoms with Gasteiger partial charge in [0.05, 0.1) is 4.90 Å². The quantitative estimate of drug-likeness (QED) is 0.639. The SMILES string of the molecule is CCC(C)c1ccccc1NC(=O)C(C)OC(=O)CN=C1NS(=O)(=O)c2ccccc21. The minimum Gasteiger partial charge on any atom is -0.451 e. The van der Waals surface area contributed by atoms with E-state index in [1.54, 1.807) is 18.2 Å². The topological polar surface area (TPSA) is 114 Å². The lowest BCUT2D eigenvalue weighted by Gasteiger charge is -2.18. The van der Waals surface area contributed by atoms with Crippen LogP contribution in [0.1, 0.15) is 44.2 Å². The fourth-order valence-corrected chi connectivity index (χ4v) is 4.43. The maximum Gasteiger partial charge on any atom is 0.328 e. The minimum absolute atomic E-state index is 0.0761. The predicted molar refractivity (Wildman–Crippen MR) is 117 cm³/mol. The molecule has 31 heavy (non-hydrogen) atoms. The summed E-state index contributed by atoms with van der Waals surface area (Å²) in [5.74, 6) is -0.854. The fourth-order valence-electron chi connectivity index (χ4n) is 3.18. The number of carbonyl (C=O) groups excluding carboxylic acids is 2. The molecular formula is C22H25N3O5S. The van der Waals surface area contributed by atoms with Crippen LogP contribution in [0.2, 0.25) is 0 Å². The summed E-state index contributed by atoms with van der Waals surface area (Å²) in [4.78, 5) is 28.8. The second-order valence-corrected chi connectivity index (χ2v) is 8.94. The molecule has 2 aromatic carbocycles. The van der Waals surface area contributed by atoms with Crippen LogP contribution in [-0.4, -0.2) is 38.8 Å². The van der Waals surface area contributed by atoms with Crippen molar-refractivity contribution in [3.8, 4) is 0 Å². The Hall–Kier alpha value is -3.20. The number of esters is 1. The predicted octanol–water partition coefficient (Wildman–Crippen LogP) is 2.81. The molecule has 1 amide bonds. The average Bonchev–Trinajstić information content (AvgIpc) is 3.02. The maximum absolute atomic E-state index is 12.5. The number of hydrogen-bond acceptors (Lipinski definition) is 6. The number of rotatable bonds is 7. The van der Waals surface area contributed by atoms with Crippen molar-refractivity contribution in [2.24, 2.45) is 4.99 Å². The van der Waals surface area contributed by atoms with Crippen molar-refractivity contribution in [2.45, 2.75) is 44.1 Å². The van der Waals surface area contributed by atoms with E-state index in [9.17, 15) is 18.0 Å². The number of aliphatic imine (C=N–C) groups is 1. The molecule has 0 fully saturated rings. The highest BCUT2D eigenvalue weighted by atomic mass is 32.2. The van der Waals surface area contributed by atoms with Gasteiger partial charge in [-0.2, -0.15) is 0 Å². The van der Waals surface area contributed by atoms with Crippen LogP contribution in [0.25, 0.3) is 0 Å². The number of nitrogens with one attached hydrogen (secondary N) is 2. The Bertz CT molecular complexity index is 1130. The number of fused-ring (bicyclic) bond motifs is 1. The van der Waals surface area contributed by atoms with Gasteiger partial charge in [0.1, 0.15) is 12.4 Å². The number of para-hydroxylation sites is 1. The fraction of sp³-hybridized carbons (Fsp3) is 0.318. The molecule has 9 heteroatoms. The number of amides is 1. The van der Waals surface area contributed by atoms with Crippen molar-refractivity contribution in [3.63, 3.8) is 0 Å². The molecule has 1 aliphatic rings. The first kappa shape index (κ1) is 22.5. The van der Waals surface area contributed by atoms with Crippen molar-refractivity contribution in [1.82, 2.24) is 4.72 Å². The van der Waals surface area contributed by atoms with Crippen molar-refractivity contribution in [3.05, 3.63) is 59.7 Å². The maximum atomic E-state index is 12.5. The Balaban J connectivity index is 1.62. The van der Waals surface area contributed by atoms with E-state index in [0.29, 0.717) is 11.3 Å². The Morgan fingerprint density at radius 2 is 1.77 bits per heavy atom. The Kier molecular flexibility index (Phi) is 6.74. The monoisotopic (exact) mass is 443 g/mol. The molecule has 2 N–H and O–H groups in total. The molecule has 8 nitrogen and oxygen atoms in total. The van der Waals surface area contributed by atoms with E-state index in [2.05, 4.69) is 28.9 Å². The Labute approximate surface area is 181 Å². The second kappa shape index (κ2) is 9.30. The molecule has 1 aliphatic heterocycles. The van der Waals surface area contributed by atoms with Crippen LogP contribution in [0, 0.1) is 0 Å². The van der Waals surface area contributed by atoms with Crippen molar-refractivity contribution >= 4 is 33.4 Å². The van der Waals surface area contributed by atoms with Crippen molar-refractivity contribution in [1.29, 1.82) is 0 Å². The number of anilines is 1. The number of carbonyl (C=O) groups is 2. The molecule has 0 bridgehead atoms. The second-order valence-electron chi connectivity index (χ2n) is 7.28. The van der Waals surface area contributed by atoms with Crippen LogP contribution in [0.15, 0.2) is 58.4 Å². The number of ether oxygens (including phenoxy) is 1. The van der Waals surface area contributed by atoms with Crippen molar-refractivity contribution < 1.29 is 22.7 Å². The molecule has 0 saturated carbocycles. The first-order valence-electron chi connectivity index (χ1n) is 9.99. The highest BCUT2D eigenvalue weighted by Crippen LogP contribution is 2.26. The number of benzene rings is 2. The molecular weight excluding hydrogens is 418 g/mol. The van der Waals surface area contributed by atoms with Crippen LogP contribution in [-0.2, 0) is 24.3 Å². The molecule has 0 radical (unpaired) electrons. The summed E-state index contributed by atoms with van der Waals surface area (Å²) in [7, 11) is -3.68. The third-order valence-electron chi connectivity index (χ3n) is 5.07. The van der Waals surface area contributed by atoms with Crippen LogP contribution >= 0.6 is 0 Å². The third-order valence-corrected chi connectivity index (χ3v) is 6.47. The van der Waals surface area contributed by atoms with Crippen LogP contribution in [0.4, 0.5) is 5.69 Å². The number of nitrogens with zero attached hydrogens (tertiary/aromatic N) is 1. The molecule has 0 saturated heterocycles. The summed E-state index contributed by atoms with van der Waals surface area (Å²) in [5, 5.41) is 2.81. The van der Waals surface area contributed by atoms with Crippen LogP contribution < -0.4 is 10.0 Å². The first-order chi connectivity index (χ1) is 14.7. The number of sulfonamides is 1. The lowest BCUT2D eigenvalue weighted by molar-refractivity contribution is -0.151. The summed E-state index contributed by atoms with van der Waals surface area (Å²) >= 11 is 0. The molecule has 164 valence electrons. The minimum atomic E-state index is -3.68. The van der Waals surface area contributed by atoms with Gasteiger partial charge in [0.25, 0.3) is 15.9 Å². The summed E-state index contributed by atoms with van der Waals surface area (Å²) in [5.41, 5.74) is 2.08. The van der Waals surface area contributed by atoms with Gasteiger partial charge in [0.2, 0.25) is 0 Å². The average molecular weight is 444 g/mol. The van der Waals surface area contributed by atoms with Gasteiger partial charge in [-0.05, 0) is 43.0 Å². The standard InChI is InChI=1S/C22H25N3O5S/c1-4-14(2)16-9-5-7-11-18(16)24-22(27)15(3)30-20(26)13-23-21-17-10-6-8-12-19(17)31(28,29)25-21/h5-12,14-15H,4,13H2,1-3H3,(H,23,25)(H,24,27). The molecule has 2 unspecified atom stereocenters. The van der Waals surface area contributed by atoms with Crippen LogP contribution in [0.3, 0.4) is 0 Å². The van der Waals surface area contributed by atoms with Gasteiger partial charge >= 0.3 is 5.97 Å². The zero-order chi connectivity index (χ0) is 22.6. The third kappa shape index (κ3) is 5.11. The molecule has 0 aliphatic carbocycles. The van der Waals surface area contributed by atoms with E-state index in [0.717, 1.165) is 12.0 Å². The van der Waals surface area contributed by atoms with Gasteiger partial charge in [-0.1, -0.05) is 44.2 Å². The highest BCUT2D eigenvalue weighted by Gasteiger charge is 2.30. The lowest BCUT2D eigenvalue weighted by Crippen LogP contribution is -2.31. The van der Waals surface area contributed by atoms with E-state index >= 15 is 0 Å². The van der Waals surface area contributed by atoms with Gasteiger partial charge < -0.3 is 10.1 Å². The van der Waals surface area contributed by atoms with E-state index in [-0.39, 0.29) is 16.6 Å². The smallest absolute Gasteiger partial charge is 0.328 e. The molecule has 2 atom stereocenters. The molecule has 0 spiro atoms. The van der Waals surface area contributed by atoms with E-state index in [1.165, 1.54) is 13.0 Å². The normalized spacial score (nSPS) is 17.3. The summed E-state index contributed by atoms with van der Waals surface area (Å²) in [6.45, 7) is 5.19. The van der Waals surface area contributed by atoms with Gasteiger partial charge in [0.15, 0.2) is 6.10 Å². The first-order valence-corrected chi connectivity index (χ1v) is 11.5. The van der Waals surface area contributed by atoms with Gasteiger partial charge in [0, 0.05) is 11.3 Å². The summed E-state index contributed by atoms with van der Waals surface area (Å²) in [6, 6.07) is 13.8. The molecule has 0 aromatic heterocycles. The van der Waals surface area contributed by atoms with Gasteiger partial charge in [-0.25, -0.2) is 8.42 Å². The summed E-state index contributed by atoms with van der Waals surface area (Å²) < 4.78 is 31.7.